The van der Waals surface area contributed by atoms with Crippen LogP contribution in [0.25, 0.3) is 0 Å². The standard InChI is InChI=1S/C17H24N2O2/c20-17(16-7-4-12-21-16)18-15-8-10-19(11-9-15)13-14-5-2-1-3-6-14/h1-3,5-6,15-16H,4,7-13H2,(H,18,20)/p+1/t16-/m0/s1. The Hall–Kier alpha value is -1.39. The summed E-state index contributed by atoms with van der Waals surface area (Å²) in [6.07, 6.45) is 3.84. The van der Waals surface area contributed by atoms with Crippen molar-refractivity contribution < 1.29 is 14.4 Å². The van der Waals surface area contributed by atoms with E-state index in [0.29, 0.717) is 6.04 Å². The van der Waals surface area contributed by atoms with Crippen LogP contribution < -0.4 is 10.2 Å². The van der Waals surface area contributed by atoms with Gasteiger partial charge in [-0.1, -0.05) is 30.3 Å². The zero-order chi connectivity index (χ0) is 14.5. The lowest BCUT2D eigenvalue weighted by Crippen LogP contribution is -3.12. The van der Waals surface area contributed by atoms with Gasteiger partial charge in [-0.15, -0.1) is 0 Å². The maximum Gasteiger partial charge on any atom is 0.249 e. The van der Waals surface area contributed by atoms with Gasteiger partial charge in [-0.3, -0.25) is 4.79 Å². The van der Waals surface area contributed by atoms with Gasteiger partial charge in [0.2, 0.25) is 5.91 Å². The van der Waals surface area contributed by atoms with E-state index in [-0.39, 0.29) is 12.0 Å². The number of benzene rings is 1. The molecule has 3 rings (SSSR count). The summed E-state index contributed by atoms with van der Waals surface area (Å²) in [6.45, 7) is 4.09. The summed E-state index contributed by atoms with van der Waals surface area (Å²) >= 11 is 0. The van der Waals surface area contributed by atoms with Crippen LogP contribution in [0.1, 0.15) is 31.2 Å². The molecule has 114 valence electrons. The lowest BCUT2D eigenvalue weighted by Gasteiger charge is -2.30. The Balaban J connectivity index is 1.41. The van der Waals surface area contributed by atoms with E-state index in [2.05, 4.69) is 35.6 Å². The average molecular weight is 289 g/mol. The lowest BCUT2D eigenvalue weighted by atomic mass is 10.0. The molecular weight excluding hydrogens is 264 g/mol. The van der Waals surface area contributed by atoms with Crippen LogP contribution in [0.15, 0.2) is 30.3 Å². The van der Waals surface area contributed by atoms with Crippen molar-refractivity contribution in [3.63, 3.8) is 0 Å². The van der Waals surface area contributed by atoms with Gasteiger partial charge in [0, 0.05) is 31.1 Å². The summed E-state index contributed by atoms with van der Waals surface area (Å²) < 4.78 is 5.44. The SMILES string of the molecule is O=C(NC1CC[NH+](Cc2ccccc2)CC1)[C@@H]1CCCO1. The highest BCUT2D eigenvalue weighted by atomic mass is 16.5. The third-order valence-electron chi connectivity index (χ3n) is 4.56. The number of hydrogen-bond donors (Lipinski definition) is 2. The summed E-state index contributed by atoms with van der Waals surface area (Å²) in [4.78, 5) is 13.7. The first kappa shape index (κ1) is 14.5. The van der Waals surface area contributed by atoms with Crippen molar-refractivity contribution in [2.45, 2.75) is 44.4 Å². The maximum atomic E-state index is 12.0. The van der Waals surface area contributed by atoms with Crippen molar-refractivity contribution in [2.24, 2.45) is 0 Å². The molecule has 4 heteroatoms. The number of likely N-dealkylation sites (tertiary alicyclic amines) is 1. The number of quaternary nitrogens is 1. The van der Waals surface area contributed by atoms with Gasteiger partial charge in [-0.2, -0.15) is 0 Å². The molecule has 2 fully saturated rings. The van der Waals surface area contributed by atoms with Gasteiger partial charge in [0.15, 0.2) is 0 Å². The number of carbonyl (C=O) groups is 1. The molecule has 2 aliphatic rings. The molecule has 1 atom stereocenters. The number of hydrogen-bond acceptors (Lipinski definition) is 2. The quantitative estimate of drug-likeness (QED) is 0.849. The van der Waals surface area contributed by atoms with Crippen LogP contribution in [0, 0.1) is 0 Å². The van der Waals surface area contributed by atoms with Gasteiger partial charge in [0.05, 0.1) is 13.1 Å². The van der Waals surface area contributed by atoms with Crippen LogP contribution in [0.5, 0.6) is 0 Å². The number of ether oxygens (including phenoxy) is 1. The molecular formula is C17H25N2O2+. The molecule has 1 amide bonds. The molecule has 0 aliphatic carbocycles. The molecule has 0 unspecified atom stereocenters. The van der Waals surface area contributed by atoms with Gasteiger partial charge in [-0.25, -0.2) is 0 Å². The number of rotatable bonds is 4. The molecule has 0 spiro atoms. The second-order valence-electron chi connectivity index (χ2n) is 6.20. The average Bonchev–Trinajstić information content (AvgIpc) is 3.05. The first-order valence-corrected chi connectivity index (χ1v) is 8.11. The van der Waals surface area contributed by atoms with E-state index >= 15 is 0 Å². The van der Waals surface area contributed by atoms with Crippen molar-refractivity contribution in [2.75, 3.05) is 19.7 Å². The normalized spacial score (nSPS) is 29.2. The highest BCUT2D eigenvalue weighted by Crippen LogP contribution is 2.12. The Kier molecular flexibility index (Phi) is 4.88. The van der Waals surface area contributed by atoms with Crippen LogP contribution in [0.4, 0.5) is 0 Å². The van der Waals surface area contributed by atoms with E-state index < -0.39 is 0 Å². The number of carbonyl (C=O) groups excluding carboxylic acids is 1. The molecule has 1 aromatic carbocycles. The molecule has 2 saturated heterocycles. The minimum Gasteiger partial charge on any atom is -0.368 e. The van der Waals surface area contributed by atoms with Gasteiger partial charge in [0.1, 0.15) is 12.6 Å². The second kappa shape index (κ2) is 7.05. The van der Waals surface area contributed by atoms with Crippen LogP contribution >= 0.6 is 0 Å². The fraction of sp³-hybridized carbons (Fsp3) is 0.588. The molecule has 0 bridgehead atoms. The highest BCUT2D eigenvalue weighted by Gasteiger charge is 2.28. The monoisotopic (exact) mass is 289 g/mol. The fourth-order valence-electron chi connectivity index (χ4n) is 3.31. The minimum absolute atomic E-state index is 0.101. The van der Waals surface area contributed by atoms with E-state index in [1.807, 2.05) is 0 Å². The van der Waals surface area contributed by atoms with Crippen molar-refractivity contribution in [1.29, 1.82) is 0 Å². The molecule has 0 saturated carbocycles. The largest absolute Gasteiger partial charge is 0.368 e. The van der Waals surface area contributed by atoms with E-state index in [4.69, 9.17) is 4.74 Å². The highest BCUT2D eigenvalue weighted by molar-refractivity contribution is 5.81. The maximum absolute atomic E-state index is 12.0. The van der Waals surface area contributed by atoms with Crippen LogP contribution in [-0.4, -0.2) is 37.7 Å². The minimum atomic E-state index is -0.195. The summed E-state index contributed by atoms with van der Waals surface area (Å²) in [6, 6.07) is 11.0. The fourth-order valence-corrected chi connectivity index (χ4v) is 3.31. The zero-order valence-corrected chi connectivity index (χ0v) is 12.5. The smallest absolute Gasteiger partial charge is 0.249 e. The predicted octanol–water partition coefficient (Wildman–Crippen LogP) is 0.529. The zero-order valence-electron chi connectivity index (χ0n) is 12.5. The Morgan fingerprint density at radius 2 is 1.95 bits per heavy atom. The Bertz CT molecular complexity index is 449. The van der Waals surface area contributed by atoms with Gasteiger partial charge >= 0.3 is 0 Å². The number of nitrogens with one attached hydrogen (secondary N) is 2. The van der Waals surface area contributed by atoms with Crippen LogP contribution in [0.3, 0.4) is 0 Å². The van der Waals surface area contributed by atoms with E-state index in [1.54, 1.807) is 4.90 Å². The first-order chi connectivity index (χ1) is 10.3. The number of amides is 1. The van der Waals surface area contributed by atoms with Gasteiger partial charge in [0.25, 0.3) is 0 Å². The first-order valence-electron chi connectivity index (χ1n) is 8.11. The number of piperidine rings is 1. The summed E-state index contributed by atoms with van der Waals surface area (Å²) in [5.74, 6) is 0.101. The molecule has 4 nitrogen and oxygen atoms in total. The summed E-state index contributed by atoms with van der Waals surface area (Å²) in [7, 11) is 0. The topological polar surface area (TPSA) is 42.8 Å². The van der Waals surface area contributed by atoms with Crippen molar-refractivity contribution in [3.05, 3.63) is 35.9 Å². The van der Waals surface area contributed by atoms with Crippen LogP contribution in [0.2, 0.25) is 0 Å². The Morgan fingerprint density at radius 1 is 1.19 bits per heavy atom. The summed E-state index contributed by atoms with van der Waals surface area (Å²) in [5.41, 5.74) is 1.40. The summed E-state index contributed by atoms with van der Waals surface area (Å²) in [5, 5.41) is 3.17. The van der Waals surface area contributed by atoms with E-state index in [1.165, 1.54) is 5.56 Å². The van der Waals surface area contributed by atoms with E-state index in [0.717, 1.165) is 51.9 Å². The van der Waals surface area contributed by atoms with Gasteiger partial charge in [-0.05, 0) is 12.8 Å². The van der Waals surface area contributed by atoms with E-state index in [9.17, 15) is 4.79 Å². The Morgan fingerprint density at radius 3 is 2.62 bits per heavy atom. The predicted molar refractivity (Wildman–Crippen MR) is 81.0 cm³/mol. The molecule has 2 N–H and O–H groups in total. The third kappa shape index (κ3) is 4.05. The van der Waals surface area contributed by atoms with Crippen molar-refractivity contribution >= 4 is 5.91 Å². The Labute approximate surface area is 126 Å². The molecule has 0 aromatic heterocycles. The molecule has 2 aliphatic heterocycles. The molecule has 0 radical (unpaired) electrons. The molecule has 21 heavy (non-hydrogen) atoms. The lowest BCUT2D eigenvalue weighted by molar-refractivity contribution is -0.918. The van der Waals surface area contributed by atoms with Crippen LogP contribution in [-0.2, 0) is 16.1 Å². The third-order valence-corrected chi connectivity index (χ3v) is 4.56. The second-order valence-corrected chi connectivity index (χ2v) is 6.20. The van der Waals surface area contributed by atoms with Gasteiger partial charge < -0.3 is 15.0 Å². The van der Waals surface area contributed by atoms with Crippen molar-refractivity contribution in [3.8, 4) is 0 Å². The molecule has 2 heterocycles. The van der Waals surface area contributed by atoms with Crippen molar-refractivity contribution in [1.82, 2.24) is 5.32 Å². The molecule has 1 aromatic rings.